The number of nitrogen functional groups attached to an aromatic ring is 1. The summed E-state index contributed by atoms with van der Waals surface area (Å²) in [5.74, 6) is 1.67. The zero-order valence-electron chi connectivity index (χ0n) is 8.29. The molecular formula is C9H11N5O. The second-order valence-electron chi connectivity index (χ2n) is 2.98. The van der Waals surface area contributed by atoms with Crippen molar-refractivity contribution in [2.45, 2.75) is 6.61 Å². The van der Waals surface area contributed by atoms with Crippen molar-refractivity contribution in [3.63, 3.8) is 0 Å². The van der Waals surface area contributed by atoms with Gasteiger partial charge in [-0.15, -0.1) is 0 Å². The highest BCUT2D eigenvalue weighted by atomic mass is 16.5. The van der Waals surface area contributed by atoms with Crippen molar-refractivity contribution < 1.29 is 4.74 Å². The fraction of sp³-hybridized carbons (Fsp3) is 0.222. The Balaban J connectivity index is 2.06. The largest absolute Gasteiger partial charge is 0.482 e. The lowest BCUT2D eigenvalue weighted by atomic mass is 10.4. The topological polar surface area (TPSA) is 78.8 Å². The lowest BCUT2D eigenvalue weighted by molar-refractivity contribution is 0.290. The fourth-order valence-corrected chi connectivity index (χ4v) is 1.12. The van der Waals surface area contributed by atoms with Gasteiger partial charge in [-0.25, -0.2) is 9.97 Å². The molecule has 2 N–H and O–H groups in total. The van der Waals surface area contributed by atoms with Crippen LogP contribution >= 0.6 is 0 Å². The Bertz CT molecular complexity index is 453. The number of pyridine rings is 1. The first-order chi connectivity index (χ1) is 7.27. The van der Waals surface area contributed by atoms with Crippen molar-refractivity contribution in [3.05, 3.63) is 30.5 Å². The Morgan fingerprint density at radius 1 is 1.47 bits per heavy atom. The number of hydrogen-bond donors (Lipinski definition) is 1. The highest BCUT2D eigenvalue weighted by Gasteiger charge is 2.03. The third-order valence-corrected chi connectivity index (χ3v) is 1.96. The quantitative estimate of drug-likeness (QED) is 0.783. The number of aryl methyl sites for hydroxylation is 1. The summed E-state index contributed by atoms with van der Waals surface area (Å²) < 4.78 is 7.10. The van der Waals surface area contributed by atoms with Gasteiger partial charge in [-0.1, -0.05) is 0 Å². The van der Waals surface area contributed by atoms with Gasteiger partial charge in [0.15, 0.2) is 17.4 Å². The van der Waals surface area contributed by atoms with Crippen molar-refractivity contribution in [1.82, 2.24) is 19.7 Å². The van der Waals surface area contributed by atoms with E-state index >= 15 is 0 Å². The van der Waals surface area contributed by atoms with Crippen molar-refractivity contribution in [1.29, 1.82) is 0 Å². The Kier molecular flexibility index (Phi) is 2.49. The summed E-state index contributed by atoms with van der Waals surface area (Å²) in [5.41, 5.74) is 5.62. The smallest absolute Gasteiger partial charge is 0.166 e. The SMILES string of the molecule is Cn1ncnc1COc1cccnc1N. The molecule has 0 amide bonds. The predicted molar refractivity (Wildman–Crippen MR) is 54.0 cm³/mol. The van der Waals surface area contributed by atoms with Crippen LogP contribution in [-0.4, -0.2) is 19.7 Å². The Labute approximate surface area is 86.7 Å². The maximum atomic E-state index is 5.62. The molecule has 0 spiro atoms. The second-order valence-corrected chi connectivity index (χ2v) is 2.98. The summed E-state index contributed by atoms with van der Waals surface area (Å²) in [4.78, 5) is 7.94. The lowest BCUT2D eigenvalue weighted by Crippen LogP contribution is -2.06. The lowest BCUT2D eigenvalue weighted by Gasteiger charge is -2.06. The summed E-state index contributed by atoms with van der Waals surface area (Å²) in [7, 11) is 1.80. The average Bonchev–Trinajstić information content (AvgIpc) is 2.63. The van der Waals surface area contributed by atoms with E-state index in [1.54, 1.807) is 30.1 Å². The zero-order valence-corrected chi connectivity index (χ0v) is 8.29. The van der Waals surface area contributed by atoms with Crippen molar-refractivity contribution in [2.24, 2.45) is 7.05 Å². The standard InChI is InChI=1S/C9H11N5O/c1-14-8(12-6-13-14)5-15-7-3-2-4-11-9(7)10/h2-4,6H,5H2,1H3,(H2,10,11). The summed E-state index contributed by atoms with van der Waals surface area (Å²) in [6.45, 7) is 0.326. The van der Waals surface area contributed by atoms with Crippen molar-refractivity contribution in [3.8, 4) is 5.75 Å². The highest BCUT2D eigenvalue weighted by Crippen LogP contribution is 2.17. The maximum Gasteiger partial charge on any atom is 0.166 e. The van der Waals surface area contributed by atoms with Gasteiger partial charge in [0.1, 0.15) is 12.9 Å². The van der Waals surface area contributed by atoms with Crippen LogP contribution in [0, 0.1) is 0 Å². The fourth-order valence-electron chi connectivity index (χ4n) is 1.12. The molecule has 0 saturated heterocycles. The Morgan fingerprint density at radius 2 is 2.33 bits per heavy atom. The van der Waals surface area contributed by atoms with Gasteiger partial charge in [-0.3, -0.25) is 4.68 Å². The molecular weight excluding hydrogens is 194 g/mol. The van der Waals surface area contributed by atoms with Crippen molar-refractivity contribution >= 4 is 5.82 Å². The van der Waals surface area contributed by atoms with Crippen LogP contribution in [0.4, 0.5) is 5.82 Å². The van der Waals surface area contributed by atoms with Gasteiger partial charge in [0.25, 0.3) is 0 Å². The molecule has 2 aromatic heterocycles. The van der Waals surface area contributed by atoms with E-state index in [0.29, 0.717) is 18.2 Å². The van der Waals surface area contributed by atoms with Crippen LogP contribution in [0.5, 0.6) is 5.75 Å². The van der Waals surface area contributed by atoms with Gasteiger partial charge >= 0.3 is 0 Å². The minimum Gasteiger partial charge on any atom is -0.482 e. The zero-order chi connectivity index (χ0) is 10.7. The van der Waals surface area contributed by atoms with Gasteiger partial charge in [0.2, 0.25) is 0 Å². The number of nitrogens with zero attached hydrogens (tertiary/aromatic N) is 4. The molecule has 78 valence electrons. The number of anilines is 1. The summed E-state index contributed by atoms with van der Waals surface area (Å²) in [6.07, 6.45) is 3.09. The second kappa shape index (κ2) is 3.95. The molecule has 6 nitrogen and oxygen atoms in total. The number of ether oxygens (including phenoxy) is 1. The van der Waals surface area contributed by atoms with Gasteiger partial charge in [0.05, 0.1) is 0 Å². The molecule has 0 aliphatic heterocycles. The van der Waals surface area contributed by atoms with Gasteiger partial charge in [-0.2, -0.15) is 5.10 Å². The van der Waals surface area contributed by atoms with E-state index in [0.717, 1.165) is 5.82 Å². The Hall–Kier alpha value is -2.11. The van der Waals surface area contributed by atoms with E-state index in [4.69, 9.17) is 10.5 Å². The molecule has 0 aliphatic rings. The molecule has 0 bridgehead atoms. The summed E-state index contributed by atoms with van der Waals surface area (Å²) in [6, 6.07) is 3.53. The molecule has 2 rings (SSSR count). The van der Waals surface area contributed by atoms with E-state index in [-0.39, 0.29) is 0 Å². The van der Waals surface area contributed by atoms with Gasteiger partial charge in [0, 0.05) is 13.2 Å². The maximum absolute atomic E-state index is 5.62. The molecule has 0 fully saturated rings. The van der Waals surface area contributed by atoms with E-state index < -0.39 is 0 Å². The van der Waals surface area contributed by atoms with Crippen LogP contribution in [0.15, 0.2) is 24.7 Å². The minimum absolute atomic E-state index is 0.326. The van der Waals surface area contributed by atoms with Crippen LogP contribution in [0.2, 0.25) is 0 Å². The van der Waals surface area contributed by atoms with E-state index in [9.17, 15) is 0 Å². The number of nitrogens with two attached hydrogens (primary N) is 1. The number of hydrogen-bond acceptors (Lipinski definition) is 5. The minimum atomic E-state index is 0.326. The molecule has 0 aliphatic carbocycles. The number of rotatable bonds is 3. The molecule has 0 saturated carbocycles. The molecule has 2 aromatic rings. The normalized spacial score (nSPS) is 10.2. The van der Waals surface area contributed by atoms with Crippen molar-refractivity contribution in [2.75, 3.05) is 5.73 Å². The Morgan fingerprint density at radius 3 is 3.00 bits per heavy atom. The molecule has 0 atom stereocenters. The van der Waals surface area contributed by atoms with Crippen LogP contribution in [-0.2, 0) is 13.7 Å². The molecule has 2 heterocycles. The highest BCUT2D eigenvalue weighted by molar-refractivity contribution is 5.44. The van der Waals surface area contributed by atoms with E-state index in [1.165, 1.54) is 6.33 Å². The first-order valence-electron chi connectivity index (χ1n) is 4.43. The predicted octanol–water partition coefficient (Wildman–Crippen LogP) is 0.371. The monoisotopic (exact) mass is 205 g/mol. The molecule has 0 radical (unpaired) electrons. The first kappa shape index (κ1) is 9.45. The van der Waals surface area contributed by atoms with E-state index in [1.807, 2.05) is 0 Å². The third-order valence-electron chi connectivity index (χ3n) is 1.96. The summed E-state index contributed by atoms with van der Waals surface area (Å²) >= 11 is 0. The third kappa shape index (κ3) is 2.04. The van der Waals surface area contributed by atoms with Crippen LogP contribution < -0.4 is 10.5 Å². The molecule has 0 aromatic carbocycles. The summed E-state index contributed by atoms with van der Waals surface area (Å²) in [5, 5.41) is 3.93. The van der Waals surface area contributed by atoms with Crippen LogP contribution in [0.25, 0.3) is 0 Å². The molecule has 0 unspecified atom stereocenters. The van der Waals surface area contributed by atoms with Crippen LogP contribution in [0.3, 0.4) is 0 Å². The molecule has 6 heteroatoms. The molecule has 15 heavy (non-hydrogen) atoms. The van der Waals surface area contributed by atoms with Gasteiger partial charge < -0.3 is 10.5 Å². The number of aromatic nitrogens is 4. The van der Waals surface area contributed by atoms with E-state index in [2.05, 4.69) is 15.1 Å². The average molecular weight is 205 g/mol. The first-order valence-corrected chi connectivity index (χ1v) is 4.43. The van der Waals surface area contributed by atoms with Crippen LogP contribution in [0.1, 0.15) is 5.82 Å². The van der Waals surface area contributed by atoms with Gasteiger partial charge in [-0.05, 0) is 12.1 Å².